The molecule has 15 heavy (non-hydrogen) atoms. The lowest BCUT2D eigenvalue weighted by molar-refractivity contribution is -0.218. The van der Waals surface area contributed by atoms with Gasteiger partial charge in [-0.15, -0.1) is 4.28 Å². The van der Waals surface area contributed by atoms with E-state index in [9.17, 15) is 18.0 Å². The zero-order chi connectivity index (χ0) is 11.9. The van der Waals surface area contributed by atoms with Crippen LogP contribution in [0.2, 0.25) is 0 Å². The lowest BCUT2D eigenvalue weighted by Gasteiger charge is -2.50. The fourth-order valence-corrected chi connectivity index (χ4v) is 1.78. The predicted molar refractivity (Wildman–Crippen MR) is 46.5 cm³/mol. The Morgan fingerprint density at radius 1 is 1.60 bits per heavy atom. The second-order valence-electron chi connectivity index (χ2n) is 3.51. The van der Waals surface area contributed by atoms with E-state index in [1.54, 1.807) is 0 Å². The first-order valence-electron chi connectivity index (χ1n) is 3.91. The Bertz CT molecular complexity index is 388. The summed E-state index contributed by atoms with van der Waals surface area (Å²) in [5.41, 5.74) is -1.03. The number of hydrogen-bond acceptors (Lipinski definition) is 5. The molecule has 1 heterocycles. The van der Waals surface area contributed by atoms with Crippen molar-refractivity contribution in [3.63, 3.8) is 0 Å². The molecule has 1 saturated heterocycles. The van der Waals surface area contributed by atoms with Gasteiger partial charge < -0.3 is 5.32 Å². The molecule has 86 valence electrons. The maximum atomic E-state index is 11.2. The molecule has 2 amide bonds. The molecule has 1 atom stereocenters. The summed E-state index contributed by atoms with van der Waals surface area (Å²) in [5.74, 6) is -0.746. The van der Waals surface area contributed by atoms with E-state index >= 15 is 0 Å². The number of nitrogens with one attached hydrogen (secondary N) is 1. The number of carbonyl (C=O) groups is 2. The van der Waals surface area contributed by atoms with Crippen LogP contribution in [0.1, 0.15) is 13.8 Å². The molecule has 0 saturated carbocycles. The van der Waals surface area contributed by atoms with Crippen LogP contribution in [0, 0.1) is 0 Å². The van der Waals surface area contributed by atoms with E-state index in [4.69, 9.17) is 4.55 Å². The number of amides is 2. The number of β-lactam (4-membered cyclic amide) rings is 1. The van der Waals surface area contributed by atoms with Crippen molar-refractivity contribution >= 4 is 22.7 Å². The van der Waals surface area contributed by atoms with Crippen molar-refractivity contribution in [3.8, 4) is 0 Å². The monoisotopic (exact) mass is 238 g/mol. The Morgan fingerprint density at radius 3 is 2.47 bits per heavy atom. The predicted octanol–water partition coefficient (Wildman–Crippen LogP) is -1.54. The first-order chi connectivity index (χ1) is 6.70. The van der Waals surface area contributed by atoms with Gasteiger partial charge in [0.05, 0.1) is 5.54 Å². The average molecular weight is 238 g/mol. The lowest BCUT2D eigenvalue weighted by atomic mass is 9.85. The molecular weight excluding hydrogens is 228 g/mol. The van der Waals surface area contributed by atoms with E-state index in [1.165, 1.54) is 13.8 Å². The standard InChI is InChI=1S/C6H10N2O6S/c1-6(2)4(7-3-9)5(10)8(6)14-15(11,12)13/h3-4H,1-2H3,(H,7,9)(H,11,12,13)/t4-/m1/s1. The van der Waals surface area contributed by atoms with E-state index in [0.29, 0.717) is 11.5 Å². The van der Waals surface area contributed by atoms with Gasteiger partial charge in [0.2, 0.25) is 6.41 Å². The Kier molecular flexibility index (Phi) is 2.72. The van der Waals surface area contributed by atoms with Crippen molar-refractivity contribution in [2.75, 3.05) is 0 Å². The second-order valence-corrected chi connectivity index (χ2v) is 4.51. The third-order valence-corrected chi connectivity index (χ3v) is 2.42. The molecule has 0 spiro atoms. The Balaban J connectivity index is 2.80. The van der Waals surface area contributed by atoms with Crippen LogP contribution in [0.15, 0.2) is 0 Å². The summed E-state index contributed by atoms with van der Waals surface area (Å²) in [6.45, 7) is 2.95. The minimum Gasteiger partial charge on any atom is -0.345 e. The van der Waals surface area contributed by atoms with Crippen LogP contribution in [0.3, 0.4) is 0 Å². The molecule has 1 aliphatic rings. The molecule has 1 aliphatic heterocycles. The van der Waals surface area contributed by atoms with Crippen molar-refractivity contribution in [1.29, 1.82) is 0 Å². The van der Waals surface area contributed by atoms with Crippen LogP contribution in [0.5, 0.6) is 0 Å². The van der Waals surface area contributed by atoms with Gasteiger partial charge >= 0.3 is 10.4 Å². The fourth-order valence-electron chi connectivity index (χ4n) is 1.32. The van der Waals surface area contributed by atoms with Crippen LogP contribution < -0.4 is 5.32 Å². The molecule has 0 aromatic rings. The third kappa shape index (κ3) is 2.08. The summed E-state index contributed by atoms with van der Waals surface area (Å²) in [7, 11) is -4.74. The molecule has 0 radical (unpaired) electrons. The SMILES string of the molecule is CC1(C)[C@H](NC=O)C(=O)N1OS(=O)(=O)O. The Morgan fingerprint density at radius 2 is 2.13 bits per heavy atom. The highest BCUT2D eigenvalue weighted by Crippen LogP contribution is 2.32. The molecule has 0 aromatic carbocycles. The van der Waals surface area contributed by atoms with Crippen LogP contribution in [-0.4, -0.2) is 41.9 Å². The molecule has 8 nitrogen and oxygen atoms in total. The van der Waals surface area contributed by atoms with Gasteiger partial charge in [0, 0.05) is 0 Å². The lowest BCUT2D eigenvalue weighted by Crippen LogP contribution is -2.75. The quantitative estimate of drug-likeness (QED) is 0.348. The molecule has 0 unspecified atom stereocenters. The van der Waals surface area contributed by atoms with Gasteiger partial charge in [0.25, 0.3) is 5.91 Å². The molecule has 0 bridgehead atoms. The first kappa shape index (κ1) is 11.9. The second kappa shape index (κ2) is 3.43. The van der Waals surface area contributed by atoms with Crippen LogP contribution in [0.4, 0.5) is 0 Å². The van der Waals surface area contributed by atoms with Gasteiger partial charge in [-0.25, -0.2) is 0 Å². The normalized spacial score (nSPS) is 24.6. The largest absolute Gasteiger partial charge is 0.418 e. The van der Waals surface area contributed by atoms with Crippen molar-refractivity contribution in [3.05, 3.63) is 0 Å². The summed E-state index contributed by atoms with van der Waals surface area (Å²) >= 11 is 0. The van der Waals surface area contributed by atoms with Gasteiger partial charge in [-0.05, 0) is 13.8 Å². The third-order valence-electron chi connectivity index (χ3n) is 2.08. The molecule has 1 fully saturated rings. The number of hydrogen-bond donors (Lipinski definition) is 2. The van der Waals surface area contributed by atoms with E-state index < -0.39 is 27.9 Å². The molecule has 0 aromatic heterocycles. The molecule has 1 rings (SSSR count). The van der Waals surface area contributed by atoms with E-state index in [-0.39, 0.29) is 0 Å². The van der Waals surface area contributed by atoms with E-state index in [2.05, 4.69) is 9.60 Å². The molecule has 2 N–H and O–H groups in total. The number of nitrogens with zero attached hydrogens (tertiary/aromatic N) is 1. The molecule has 9 heteroatoms. The van der Waals surface area contributed by atoms with Crippen LogP contribution in [-0.2, 0) is 24.3 Å². The highest BCUT2D eigenvalue weighted by Gasteiger charge is 2.57. The molecular formula is C6H10N2O6S. The minimum atomic E-state index is -4.74. The summed E-state index contributed by atoms with van der Waals surface area (Å²) in [6.07, 6.45) is 0.328. The van der Waals surface area contributed by atoms with E-state index in [1.807, 2.05) is 0 Å². The van der Waals surface area contributed by atoms with E-state index in [0.717, 1.165) is 0 Å². The van der Waals surface area contributed by atoms with Crippen LogP contribution >= 0.6 is 0 Å². The highest BCUT2D eigenvalue weighted by molar-refractivity contribution is 7.80. The number of carbonyl (C=O) groups excluding carboxylic acids is 2. The summed E-state index contributed by atoms with van der Waals surface area (Å²) < 4.78 is 33.2. The summed E-state index contributed by atoms with van der Waals surface area (Å²) in [4.78, 5) is 21.4. The zero-order valence-corrected chi connectivity index (χ0v) is 8.82. The highest BCUT2D eigenvalue weighted by atomic mass is 32.3. The maximum absolute atomic E-state index is 11.2. The fraction of sp³-hybridized carbons (Fsp3) is 0.667. The Labute approximate surface area is 86.1 Å². The number of hydroxylamine groups is 2. The van der Waals surface area contributed by atoms with Gasteiger partial charge in [-0.1, -0.05) is 0 Å². The number of rotatable bonds is 4. The molecule has 0 aliphatic carbocycles. The van der Waals surface area contributed by atoms with Gasteiger partial charge in [-0.2, -0.15) is 13.5 Å². The van der Waals surface area contributed by atoms with Crippen molar-refractivity contribution in [2.45, 2.75) is 25.4 Å². The summed E-state index contributed by atoms with van der Waals surface area (Å²) in [6, 6.07) is -0.864. The van der Waals surface area contributed by atoms with Crippen molar-refractivity contribution < 1.29 is 26.8 Å². The maximum Gasteiger partial charge on any atom is 0.418 e. The summed E-state index contributed by atoms with van der Waals surface area (Å²) in [5, 5.41) is 2.70. The average Bonchev–Trinajstić information content (AvgIpc) is 2.08. The smallest absolute Gasteiger partial charge is 0.345 e. The first-order valence-corrected chi connectivity index (χ1v) is 5.27. The van der Waals surface area contributed by atoms with Gasteiger partial charge in [-0.3, -0.25) is 14.1 Å². The zero-order valence-electron chi connectivity index (χ0n) is 8.00. The van der Waals surface area contributed by atoms with Crippen molar-refractivity contribution in [2.24, 2.45) is 0 Å². The topological polar surface area (TPSA) is 113 Å². The minimum absolute atomic E-state index is 0.328. The van der Waals surface area contributed by atoms with Gasteiger partial charge in [0.1, 0.15) is 6.04 Å². The Hall–Kier alpha value is -1.19. The van der Waals surface area contributed by atoms with Gasteiger partial charge in [0.15, 0.2) is 0 Å². The van der Waals surface area contributed by atoms with Crippen LogP contribution in [0.25, 0.3) is 0 Å². The van der Waals surface area contributed by atoms with Crippen molar-refractivity contribution in [1.82, 2.24) is 10.4 Å².